The number of rotatable bonds is 0. The molecule has 1 aromatic heterocycles. The number of nitrogens with one attached hydrogen (secondary N) is 1. The van der Waals surface area contributed by atoms with Crippen molar-refractivity contribution in [1.29, 1.82) is 0 Å². The van der Waals surface area contributed by atoms with E-state index in [2.05, 4.69) is 10.3 Å². The van der Waals surface area contributed by atoms with Crippen LogP contribution in [0.15, 0.2) is 29.1 Å². The Morgan fingerprint density at radius 3 is 2.94 bits per heavy atom. The monoisotopic (exact) mass is 215 g/mol. The third kappa shape index (κ3) is 1.21. The smallest absolute Gasteiger partial charge is 0.261 e. The second-order valence-corrected chi connectivity index (χ2v) is 3.71. The van der Waals surface area contributed by atoms with E-state index in [0.717, 1.165) is 0 Å². The predicted molar refractivity (Wildman–Crippen MR) is 57.8 cm³/mol. The van der Waals surface area contributed by atoms with Crippen molar-refractivity contribution in [2.24, 2.45) is 0 Å². The van der Waals surface area contributed by atoms with Gasteiger partial charge in [-0.25, -0.2) is 4.98 Å². The maximum atomic E-state index is 12.1. The molecule has 0 saturated carbocycles. The van der Waals surface area contributed by atoms with Gasteiger partial charge >= 0.3 is 0 Å². The summed E-state index contributed by atoms with van der Waals surface area (Å²) in [5.41, 5.74) is 0.533. The van der Waals surface area contributed by atoms with Gasteiger partial charge in [-0.15, -0.1) is 0 Å². The Hall–Kier alpha value is -2.17. The Kier molecular flexibility index (Phi) is 1.80. The fourth-order valence-electron chi connectivity index (χ4n) is 1.89. The van der Waals surface area contributed by atoms with E-state index in [1.807, 2.05) is 6.07 Å². The summed E-state index contributed by atoms with van der Waals surface area (Å²) < 4.78 is 1.43. The topological polar surface area (TPSA) is 64.0 Å². The molecular weight excluding hydrogens is 206 g/mol. The van der Waals surface area contributed by atoms with Crippen molar-refractivity contribution < 1.29 is 4.79 Å². The van der Waals surface area contributed by atoms with Crippen molar-refractivity contribution >= 4 is 16.8 Å². The molecule has 5 heteroatoms. The van der Waals surface area contributed by atoms with Gasteiger partial charge in [-0.3, -0.25) is 14.2 Å². The molecule has 1 N–H and O–H groups in total. The molecule has 1 aromatic carbocycles. The van der Waals surface area contributed by atoms with E-state index in [1.54, 1.807) is 18.2 Å². The Balaban J connectivity index is 2.38. The molecule has 3 rings (SSSR count). The van der Waals surface area contributed by atoms with Gasteiger partial charge in [0.15, 0.2) is 0 Å². The molecule has 2 aromatic rings. The Morgan fingerprint density at radius 2 is 2.06 bits per heavy atom. The standard InChI is InChI=1S/C11H9N3O2/c15-10-6-14-9(5-12-10)13-8-4-2-1-3-7(8)11(14)16/h1-4H,5-6H2,(H,12,15). The first-order valence-electron chi connectivity index (χ1n) is 5.01. The summed E-state index contributed by atoms with van der Waals surface area (Å²) in [6.07, 6.45) is 0. The normalized spacial score (nSPS) is 14.6. The van der Waals surface area contributed by atoms with Crippen LogP contribution < -0.4 is 10.9 Å². The molecule has 5 nitrogen and oxygen atoms in total. The summed E-state index contributed by atoms with van der Waals surface area (Å²) in [6.45, 7) is 0.380. The molecule has 0 spiro atoms. The number of hydrogen-bond acceptors (Lipinski definition) is 3. The summed E-state index contributed by atoms with van der Waals surface area (Å²) in [5.74, 6) is 0.468. The summed E-state index contributed by atoms with van der Waals surface area (Å²) in [6, 6.07) is 7.16. The van der Waals surface area contributed by atoms with Crippen molar-refractivity contribution in [2.45, 2.75) is 13.1 Å². The first kappa shape index (κ1) is 9.08. The van der Waals surface area contributed by atoms with Crippen molar-refractivity contribution in [1.82, 2.24) is 14.9 Å². The van der Waals surface area contributed by atoms with Crippen LogP contribution in [-0.4, -0.2) is 15.5 Å². The van der Waals surface area contributed by atoms with E-state index in [9.17, 15) is 9.59 Å². The molecule has 80 valence electrons. The molecule has 0 saturated heterocycles. The summed E-state index contributed by atoms with van der Waals surface area (Å²) in [7, 11) is 0. The van der Waals surface area contributed by atoms with Gasteiger partial charge in [0.2, 0.25) is 5.91 Å². The van der Waals surface area contributed by atoms with Crippen LogP contribution in [0.4, 0.5) is 0 Å². The third-order valence-corrected chi connectivity index (χ3v) is 2.69. The zero-order valence-electron chi connectivity index (χ0n) is 8.43. The van der Waals surface area contributed by atoms with E-state index >= 15 is 0 Å². The number of para-hydroxylation sites is 1. The quantitative estimate of drug-likeness (QED) is 0.674. The first-order chi connectivity index (χ1) is 7.75. The SMILES string of the molecule is O=C1Cn2c(nc3ccccc3c2=O)CN1. The molecule has 0 radical (unpaired) electrons. The molecule has 0 bridgehead atoms. The van der Waals surface area contributed by atoms with Gasteiger partial charge in [0.1, 0.15) is 12.4 Å². The Labute approximate surface area is 90.7 Å². The summed E-state index contributed by atoms with van der Waals surface area (Å²) in [4.78, 5) is 27.6. The lowest BCUT2D eigenvalue weighted by molar-refractivity contribution is -0.122. The molecule has 16 heavy (non-hydrogen) atoms. The third-order valence-electron chi connectivity index (χ3n) is 2.69. The van der Waals surface area contributed by atoms with E-state index in [4.69, 9.17) is 0 Å². The number of amides is 1. The Bertz CT molecular complexity index is 645. The average molecular weight is 215 g/mol. The highest BCUT2D eigenvalue weighted by Crippen LogP contribution is 2.09. The molecule has 0 unspecified atom stereocenters. The lowest BCUT2D eigenvalue weighted by Gasteiger charge is -2.18. The van der Waals surface area contributed by atoms with Crippen LogP contribution in [0, 0.1) is 0 Å². The lowest BCUT2D eigenvalue weighted by atomic mass is 10.2. The zero-order valence-corrected chi connectivity index (χ0v) is 8.43. The maximum Gasteiger partial charge on any atom is 0.261 e. The largest absolute Gasteiger partial charge is 0.347 e. The van der Waals surface area contributed by atoms with E-state index in [0.29, 0.717) is 23.3 Å². The first-order valence-corrected chi connectivity index (χ1v) is 5.01. The number of fused-ring (bicyclic) bond motifs is 2. The average Bonchev–Trinajstić information content (AvgIpc) is 2.31. The van der Waals surface area contributed by atoms with Crippen LogP contribution in [0.25, 0.3) is 10.9 Å². The second kappa shape index (κ2) is 3.16. The van der Waals surface area contributed by atoms with Crippen LogP contribution in [0.3, 0.4) is 0 Å². The van der Waals surface area contributed by atoms with E-state index in [-0.39, 0.29) is 18.0 Å². The number of hydrogen-bond donors (Lipinski definition) is 1. The van der Waals surface area contributed by atoms with Crippen LogP contribution in [0.1, 0.15) is 5.82 Å². The number of nitrogens with zero attached hydrogens (tertiary/aromatic N) is 2. The predicted octanol–water partition coefficient (Wildman–Crippen LogP) is 0.0263. The number of carbonyl (C=O) groups excluding carboxylic acids is 1. The van der Waals surface area contributed by atoms with Crippen LogP contribution in [0.2, 0.25) is 0 Å². The van der Waals surface area contributed by atoms with E-state index in [1.165, 1.54) is 4.57 Å². The highest BCUT2D eigenvalue weighted by Gasteiger charge is 2.18. The molecular formula is C11H9N3O2. The Morgan fingerprint density at radius 1 is 1.25 bits per heavy atom. The highest BCUT2D eigenvalue weighted by atomic mass is 16.2. The molecule has 1 aliphatic rings. The van der Waals surface area contributed by atoms with Gasteiger partial charge in [-0.2, -0.15) is 0 Å². The van der Waals surface area contributed by atoms with Crippen molar-refractivity contribution in [3.8, 4) is 0 Å². The molecule has 2 heterocycles. The number of carbonyl (C=O) groups is 1. The fraction of sp³-hybridized carbons (Fsp3) is 0.182. The van der Waals surface area contributed by atoms with Gasteiger partial charge in [0, 0.05) is 0 Å². The van der Waals surface area contributed by atoms with Gasteiger partial charge < -0.3 is 5.32 Å². The minimum Gasteiger partial charge on any atom is -0.347 e. The minimum atomic E-state index is -0.147. The second-order valence-electron chi connectivity index (χ2n) is 3.71. The molecule has 1 aliphatic heterocycles. The number of aromatic nitrogens is 2. The fourth-order valence-corrected chi connectivity index (χ4v) is 1.89. The summed E-state index contributed by atoms with van der Waals surface area (Å²) >= 11 is 0. The molecule has 0 fully saturated rings. The van der Waals surface area contributed by atoms with Crippen LogP contribution in [-0.2, 0) is 17.9 Å². The van der Waals surface area contributed by atoms with Crippen molar-refractivity contribution in [2.75, 3.05) is 0 Å². The zero-order chi connectivity index (χ0) is 11.1. The van der Waals surface area contributed by atoms with Crippen molar-refractivity contribution in [3.63, 3.8) is 0 Å². The molecule has 0 aliphatic carbocycles. The minimum absolute atomic E-state index is 0.0615. The number of benzene rings is 1. The molecule has 1 amide bonds. The molecule has 0 atom stereocenters. The van der Waals surface area contributed by atoms with E-state index < -0.39 is 0 Å². The van der Waals surface area contributed by atoms with Crippen LogP contribution >= 0.6 is 0 Å². The van der Waals surface area contributed by atoms with Crippen LogP contribution in [0.5, 0.6) is 0 Å². The lowest BCUT2D eigenvalue weighted by Crippen LogP contribution is -2.41. The summed E-state index contributed by atoms with van der Waals surface area (Å²) in [5, 5.41) is 3.23. The maximum absolute atomic E-state index is 12.1. The van der Waals surface area contributed by atoms with Gasteiger partial charge in [0.05, 0.1) is 17.4 Å². The highest BCUT2D eigenvalue weighted by molar-refractivity contribution is 5.80. The van der Waals surface area contributed by atoms with Gasteiger partial charge in [0.25, 0.3) is 5.56 Å². The van der Waals surface area contributed by atoms with Gasteiger partial charge in [-0.1, -0.05) is 12.1 Å². The van der Waals surface area contributed by atoms with Crippen molar-refractivity contribution in [3.05, 3.63) is 40.4 Å². The van der Waals surface area contributed by atoms with Gasteiger partial charge in [-0.05, 0) is 12.1 Å².